The lowest BCUT2D eigenvalue weighted by Crippen LogP contribution is -2.28. The summed E-state index contributed by atoms with van der Waals surface area (Å²) in [6.45, 7) is 3.09. The second kappa shape index (κ2) is 16.1. The summed E-state index contributed by atoms with van der Waals surface area (Å²) in [5.41, 5.74) is 7.94. The second-order valence-electron chi connectivity index (χ2n) is 11.0. The Morgan fingerprint density at radius 2 is 0.935 bits per heavy atom. The van der Waals surface area contributed by atoms with Gasteiger partial charge in [0.15, 0.2) is 0 Å². The maximum absolute atomic E-state index is 9.09. The zero-order chi connectivity index (χ0) is 32.2. The predicted molar refractivity (Wildman–Crippen MR) is 182 cm³/mol. The van der Waals surface area contributed by atoms with E-state index in [0.29, 0.717) is 6.61 Å². The monoisotopic (exact) mass is 618 g/mol. The zero-order valence-corrected chi connectivity index (χ0v) is 26.3. The average Bonchev–Trinajstić information content (AvgIpc) is 3.41. The van der Waals surface area contributed by atoms with Gasteiger partial charge in [-0.15, -0.1) is 0 Å². The van der Waals surface area contributed by atoms with E-state index in [-0.39, 0.29) is 33.0 Å². The molecular formula is C40H42O6. The molecule has 0 atom stereocenters. The van der Waals surface area contributed by atoms with E-state index in [2.05, 4.69) is 85.8 Å². The van der Waals surface area contributed by atoms with Crippen molar-refractivity contribution in [2.24, 2.45) is 0 Å². The first kappa shape index (κ1) is 32.8. The zero-order valence-electron chi connectivity index (χ0n) is 26.3. The summed E-state index contributed by atoms with van der Waals surface area (Å²) in [6, 6.07) is 41.4. The van der Waals surface area contributed by atoms with Crippen LogP contribution in [-0.4, -0.2) is 55.0 Å². The molecule has 6 nitrogen and oxygen atoms in total. The highest BCUT2D eigenvalue weighted by Crippen LogP contribution is 2.56. The first-order chi connectivity index (χ1) is 22.7. The Hall–Kier alpha value is -4.62. The highest BCUT2D eigenvalue weighted by atomic mass is 16.5. The number of hydrogen-bond acceptors (Lipinski definition) is 6. The van der Waals surface area contributed by atoms with Crippen LogP contribution >= 0.6 is 0 Å². The van der Waals surface area contributed by atoms with Crippen molar-refractivity contribution in [3.63, 3.8) is 0 Å². The molecule has 0 aliphatic heterocycles. The Balaban J connectivity index is 0.000000270. The summed E-state index contributed by atoms with van der Waals surface area (Å²) in [5.74, 6) is 2.36. The Morgan fingerprint density at radius 1 is 0.500 bits per heavy atom. The lowest BCUT2D eigenvalue weighted by atomic mass is 9.68. The Labute approximate surface area is 271 Å². The highest BCUT2D eigenvalue weighted by Gasteiger charge is 2.45. The van der Waals surface area contributed by atoms with Gasteiger partial charge in [-0.3, -0.25) is 0 Å². The maximum atomic E-state index is 9.09. The SMILES string of the molecule is CCCc1ccccc1OCCO.OCCOc1ccc(C2(c3ccc(OCCO)cc3)c3ccccc3-c3ccccc32)cc1. The summed E-state index contributed by atoms with van der Waals surface area (Å²) in [6.07, 6.45) is 2.14. The smallest absolute Gasteiger partial charge is 0.122 e. The predicted octanol–water partition coefficient (Wildman–Crippen LogP) is 6.80. The third-order valence-corrected chi connectivity index (χ3v) is 8.09. The molecule has 0 fully saturated rings. The molecule has 5 aromatic carbocycles. The number of aryl methyl sites for hydroxylation is 1. The number of fused-ring (bicyclic) bond motifs is 3. The molecule has 0 aromatic heterocycles. The summed E-state index contributed by atoms with van der Waals surface area (Å²) in [4.78, 5) is 0. The molecule has 0 heterocycles. The molecule has 1 aliphatic rings. The van der Waals surface area contributed by atoms with Gasteiger partial charge < -0.3 is 29.5 Å². The van der Waals surface area contributed by atoms with Crippen molar-refractivity contribution in [3.8, 4) is 28.4 Å². The minimum Gasteiger partial charge on any atom is -0.491 e. The van der Waals surface area contributed by atoms with Gasteiger partial charge in [0, 0.05) is 0 Å². The minimum atomic E-state index is -0.488. The van der Waals surface area contributed by atoms with Crippen LogP contribution in [-0.2, 0) is 11.8 Å². The molecule has 3 N–H and O–H groups in total. The number of rotatable bonds is 13. The summed E-state index contributed by atoms with van der Waals surface area (Å²) in [7, 11) is 0. The van der Waals surface area contributed by atoms with Crippen LogP contribution in [0, 0.1) is 0 Å². The van der Waals surface area contributed by atoms with Crippen molar-refractivity contribution < 1.29 is 29.5 Å². The lowest BCUT2D eigenvalue weighted by Gasteiger charge is -2.34. The topological polar surface area (TPSA) is 88.4 Å². The molecule has 5 aromatic rings. The highest BCUT2D eigenvalue weighted by molar-refractivity contribution is 5.86. The van der Waals surface area contributed by atoms with Gasteiger partial charge in [0.25, 0.3) is 0 Å². The minimum absolute atomic E-state index is 0.0167. The van der Waals surface area contributed by atoms with Gasteiger partial charge in [-0.25, -0.2) is 0 Å². The number of aliphatic hydroxyl groups is 3. The number of benzene rings is 5. The molecule has 0 spiro atoms. The molecule has 0 radical (unpaired) electrons. The fraction of sp³-hybridized carbons (Fsp3) is 0.250. The maximum Gasteiger partial charge on any atom is 0.122 e. The van der Waals surface area contributed by atoms with Crippen LogP contribution in [0.1, 0.15) is 41.2 Å². The molecule has 0 saturated carbocycles. The Kier molecular flexibility index (Phi) is 11.5. The van der Waals surface area contributed by atoms with E-state index in [9.17, 15) is 0 Å². The summed E-state index contributed by atoms with van der Waals surface area (Å²) < 4.78 is 16.6. The fourth-order valence-electron chi connectivity index (χ4n) is 6.23. The van der Waals surface area contributed by atoms with Gasteiger partial charge in [0.2, 0.25) is 0 Å². The van der Waals surface area contributed by atoms with Gasteiger partial charge >= 0.3 is 0 Å². The Morgan fingerprint density at radius 3 is 1.41 bits per heavy atom. The molecule has 46 heavy (non-hydrogen) atoms. The molecule has 0 bridgehead atoms. The van der Waals surface area contributed by atoms with Gasteiger partial charge in [-0.2, -0.15) is 0 Å². The van der Waals surface area contributed by atoms with E-state index in [1.807, 2.05) is 42.5 Å². The molecule has 1 aliphatic carbocycles. The van der Waals surface area contributed by atoms with Crippen LogP contribution in [0.5, 0.6) is 17.2 Å². The molecule has 0 unspecified atom stereocenters. The number of ether oxygens (including phenoxy) is 3. The summed E-state index contributed by atoms with van der Waals surface area (Å²) in [5, 5.41) is 26.8. The standard InChI is InChI=1S/C29H26O4.C11H16O2/c30-17-19-32-23-13-9-21(10-14-23)29(22-11-15-24(16-12-22)33-20-18-31)27-7-3-1-5-25(27)26-6-2-4-8-28(26)29;1-2-5-10-6-3-4-7-11(10)13-9-8-12/h1-16,30-31H,17-20H2;3-4,6-7,12H,2,5,8-9H2,1H3. The fourth-order valence-corrected chi connectivity index (χ4v) is 6.23. The molecule has 0 amide bonds. The Bertz CT molecular complexity index is 1560. The van der Waals surface area contributed by atoms with E-state index in [0.717, 1.165) is 41.2 Å². The molecule has 6 heteroatoms. The van der Waals surface area contributed by atoms with E-state index in [1.54, 1.807) is 0 Å². The van der Waals surface area contributed by atoms with Crippen LogP contribution in [0.3, 0.4) is 0 Å². The van der Waals surface area contributed by atoms with E-state index < -0.39 is 5.41 Å². The van der Waals surface area contributed by atoms with Crippen molar-refractivity contribution in [1.29, 1.82) is 0 Å². The van der Waals surface area contributed by atoms with Crippen molar-refractivity contribution in [2.75, 3.05) is 39.6 Å². The molecule has 6 rings (SSSR count). The van der Waals surface area contributed by atoms with Crippen LogP contribution in [0.4, 0.5) is 0 Å². The van der Waals surface area contributed by atoms with Crippen LogP contribution in [0.15, 0.2) is 121 Å². The summed E-state index contributed by atoms with van der Waals surface area (Å²) >= 11 is 0. The third kappa shape index (κ3) is 6.95. The van der Waals surface area contributed by atoms with Crippen LogP contribution in [0.25, 0.3) is 11.1 Å². The first-order valence-corrected chi connectivity index (χ1v) is 15.9. The number of hydrogen-bond donors (Lipinski definition) is 3. The molecule has 238 valence electrons. The average molecular weight is 619 g/mol. The lowest BCUT2D eigenvalue weighted by molar-refractivity contribution is 0.200. The second-order valence-corrected chi connectivity index (χ2v) is 11.0. The van der Waals surface area contributed by atoms with Crippen molar-refractivity contribution in [3.05, 3.63) is 149 Å². The van der Waals surface area contributed by atoms with E-state index in [1.165, 1.54) is 27.8 Å². The normalized spacial score (nSPS) is 12.3. The quantitative estimate of drug-likeness (QED) is 0.132. The van der Waals surface area contributed by atoms with Crippen molar-refractivity contribution in [1.82, 2.24) is 0 Å². The largest absolute Gasteiger partial charge is 0.491 e. The first-order valence-electron chi connectivity index (χ1n) is 15.9. The van der Waals surface area contributed by atoms with Crippen molar-refractivity contribution in [2.45, 2.75) is 25.2 Å². The molecule has 0 saturated heterocycles. The third-order valence-electron chi connectivity index (χ3n) is 8.09. The van der Waals surface area contributed by atoms with Gasteiger partial charge in [-0.1, -0.05) is 104 Å². The van der Waals surface area contributed by atoms with Crippen LogP contribution in [0.2, 0.25) is 0 Å². The van der Waals surface area contributed by atoms with Gasteiger partial charge in [0.05, 0.1) is 25.2 Å². The van der Waals surface area contributed by atoms with Gasteiger partial charge in [-0.05, 0) is 75.7 Å². The van der Waals surface area contributed by atoms with E-state index >= 15 is 0 Å². The van der Waals surface area contributed by atoms with E-state index in [4.69, 9.17) is 29.5 Å². The number of para-hydroxylation sites is 1. The molecular weight excluding hydrogens is 576 g/mol. The van der Waals surface area contributed by atoms with Crippen LogP contribution < -0.4 is 14.2 Å². The van der Waals surface area contributed by atoms with Crippen molar-refractivity contribution >= 4 is 0 Å². The van der Waals surface area contributed by atoms with Gasteiger partial charge in [0.1, 0.15) is 37.1 Å². The number of aliphatic hydroxyl groups excluding tert-OH is 3.